The van der Waals surface area contributed by atoms with Crippen LogP contribution in [0.2, 0.25) is 5.02 Å². The molecule has 0 fully saturated rings. The average Bonchev–Trinajstić information content (AvgIpc) is 2.95. The summed E-state index contributed by atoms with van der Waals surface area (Å²) in [6.45, 7) is 4.29. The highest BCUT2D eigenvalue weighted by Gasteiger charge is 2.26. The summed E-state index contributed by atoms with van der Waals surface area (Å²) in [6, 6.07) is 13.7. The van der Waals surface area contributed by atoms with Crippen LogP contribution in [-0.4, -0.2) is 18.0 Å². The van der Waals surface area contributed by atoms with Gasteiger partial charge in [0.15, 0.2) is 0 Å². The number of rotatable bonds is 5. The summed E-state index contributed by atoms with van der Waals surface area (Å²) < 4.78 is 5.85. The summed E-state index contributed by atoms with van der Waals surface area (Å²) in [6.07, 6.45) is 0. The molecule has 6 heteroatoms. The Morgan fingerprint density at radius 2 is 2.00 bits per heavy atom. The zero-order chi connectivity index (χ0) is 18.1. The minimum atomic E-state index is -1.21. The van der Waals surface area contributed by atoms with Gasteiger partial charge in [-0.05, 0) is 35.7 Å². The first kappa shape index (κ1) is 17.9. The zero-order valence-corrected chi connectivity index (χ0v) is 16.0. The van der Waals surface area contributed by atoms with Crippen molar-refractivity contribution in [3.8, 4) is 0 Å². The van der Waals surface area contributed by atoms with Crippen LogP contribution in [0.25, 0.3) is 10.9 Å². The first-order valence-electron chi connectivity index (χ1n) is 7.97. The maximum Gasteiger partial charge on any atom is 0.265 e. The minimum absolute atomic E-state index is 0.375. The topological polar surface area (TPSA) is 68.1 Å². The third-order valence-corrected chi connectivity index (χ3v) is 6.35. The molecule has 0 aliphatic rings. The Balaban J connectivity index is 2.24. The number of H-pyrrole nitrogens is 1. The van der Waals surface area contributed by atoms with Crippen molar-refractivity contribution in [1.29, 1.82) is 0 Å². The third kappa shape index (κ3) is 3.43. The van der Waals surface area contributed by atoms with Crippen molar-refractivity contribution in [3.63, 3.8) is 0 Å². The molecule has 3 rings (SSSR count). The second-order valence-electron chi connectivity index (χ2n) is 6.13. The molecule has 130 valence electrons. The van der Waals surface area contributed by atoms with Gasteiger partial charge in [0.25, 0.3) is 5.91 Å². The first-order chi connectivity index (χ1) is 11.9. The Morgan fingerprint density at radius 1 is 1.24 bits per heavy atom. The van der Waals surface area contributed by atoms with E-state index in [0.717, 1.165) is 21.5 Å². The number of amides is 1. The van der Waals surface area contributed by atoms with Crippen molar-refractivity contribution in [2.45, 2.75) is 19.8 Å². The highest BCUT2D eigenvalue weighted by atomic mass is 35.5. The van der Waals surface area contributed by atoms with E-state index in [0.29, 0.717) is 16.6 Å². The van der Waals surface area contributed by atoms with Gasteiger partial charge in [0, 0.05) is 33.6 Å². The van der Waals surface area contributed by atoms with E-state index in [1.54, 1.807) is 13.2 Å². The van der Waals surface area contributed by atoms with Gasteiger partial charge >= 0.3 is 0 Å². The number of hydrogen-bond acceptors (Lipinski definition) is 2. The van der Waals surface area contributed by atoms with E-state index < -0.39 is 14.1 Å². The highest BCUT2D eigenvalue weighted by Crippen LogP contribution is 2.39. The molecule has 25 heavy (non-hydrogen) atoms. The van der Waals surface area contributed by atoms with E-state index in [1.807, 2.05) is 24.3 Å². The second-order valence-corrected chi connectivity index (χ2v) is 8.48. The van der Waals surface area contributed by atoms with Crippen LogP contribution in [0.3, 0.4) is 0 Å². The molecule has 0 radical (unpaired) electrons. The fraction of sp³-hybridized carbons (Fsp3) is 0.211. The van der Waals surface area contributed by atoms with Crippen molar-refractivity contribution in [3.05, 3.63) is 58.7 Å². The fourth-order valence-electron chi connectivity index (χ4n) is 2.88. The molecule has 1 aromatic heterocycles. The summed E-state index contributed by atoms with van der Waals surface area (Å²) in [5, 5.41) is 3.28. The molecule has 0 aliphatic carbocycles. The summed E-state index contributed by atoms with van der Waals surface area (Å²) in [5.74, 6) is -0.103. The number of aromatic amines is 1. The van der Waals surface area contributed by atoms with E-state index in [9.17, 15) is 4.79 Å². The molecule has 0 aliphatic heterocycles. The monoisotopic (exact) mass is 374 g/mol. The molecule has 2 aromatic carbocycles. The molecule has 0 spiro atoms. The first-order valence-corrected chi connectivity index (χ1v) is 9.61. The maximum atomic E-state index is 12.0. The van der Waals surface area contributed by atoms with Crippen LogP contribution in [0.1, 0.15) is 35.8 Å². The van der Waals surface area contributed by atoms with Crippen molar-refractivity contribution < 1.29 is 9.32 Å². The normalized spacial score (nSPS) is 12.7. The predicted octanol–water partition coefficient (Wildman–Crippen LogP) is 4.04. The lowest BCUT2D eigenvalue weighted by Crippen LogP contribution is -2.23. The number of nitrogens with two attached hydrogens (primary N) is 1. The molecule has 0 bridgehead atoms. The maximum absolute atomic E-state index is 12.0. The molecule has 0 saturated carbocycles. The summed E-state index contributed by atoms with van der Waals surface area (Å²) >= 11 is 6.18. The number of aromatic nitrogens is 1. The van der Waals surface area contributed by atoms with Gasteiger partial charge in [0.1, 0.15) is 5.69 Å². The van der Waals surface area contributed by atoms with Crippen LogP contribution in [0.4, 0.5) is 0 Å². The summed E-state index contributed by atoms with van der Waals surface area (Å²) in [7, 11) is 0.446. The lowest BCUT2D eigenvalue weighted by atomic mass is 10.0. The molecule has 1 amide bonds. The largest absolute Gasteiger partial charge is 0.364 e. The fourth-order valence-corrected chi connectivity index (χ4v) is 4.96. The van der Waals surface area contributed by atoms with Crippen LogP contribution in [-0.2, 0) is 4.52 Å². The van der Waals surface area contributed by atoms with E-state index in [1.165, 1.54) is 5.56 Å². The van der Waals surface area contributed by atoms with Crippen LogP contribution >= 0.6 is 19.7 Å². The molecule has 1 atom stereocenters. The van der Waals surface area contributed by atoms with Gasteiger partial charge < -0.3 is 15.2 Å². The SMILES string of the molecule is COP(c1cccc(C(C)C)c1)c1c(C(N)=O)[nH]c2ccc(Cl)cc12. The summed E-state index contributed by atoms with van der Waals surface area (Å²) in [5.41, 5.74) is 8.03. The molecular formula is C19H20ClN2O2P. The van der Waals surface area contributed by atoms with Crippen molar-refractivity contribution in [2.24, 2.45) is 5.73 Å². The molecule has 3 N–H and O–H groups in total. The van der Waals surface area contributed by atoms with E-state index in [2.05, 4.69) is 31.0 Å². The van der Waals surface area contributed by atoms with Crippen molar-refractivity contribution in [1.82, 2.24) is 4.98 Å². The van der Waals surface area contributed by atoms with Crippen molar-refractivity contribution >= 4 is 47.2 Å². The number of benzene rings is 2. The zero-order valence-electron chi connectivity index (χ0n) is 14.3. The minimum Gasteiger partial charge on any atom is -0.364 e. The lowest BCUT2D eigenvalue weighted by molar-refractivity contribution is 0.0997. The highest BCUT2D eigenvalue weighted by molar-refractivity contribution is 7.69. The Kier molecular flexibility index (Phi) is 5.14. The molecule has 4 nitrogen and oxygen atoms in total. The number of nitrogens with one attached hydrogen (secondary N) is 1. The molecule has 1 unspecified atom stereocenters. The third-order valence-electron chi connectivity index (χ3n) is 4.14. The number of carbonyl (C=O) groups is 1. The Hall–Kier alpha value is -1.87. The average molecular weight is 375 g/mol. The van der Waals surface area contributed by atoms with Gasteiger partial charge in [-0.25, -0.2) is 0 Å². The van der Waals surface area contributed by atoms with E-state index >= 15 is 0 Å². The van der Waals surface area contributed by atoms with Crippen LogP contribution in [0, 0.1) is 0 Å². The van der Waals surface area contributed by atoms with Crippen LogP contribution in [0.5, 0.6) is 0 Å². The van der Waals surface area contributed by atoms with Gasteiger partial charge in [-0.2, -0.15) is 0 Å². The number of hydrogen-bond donors (Lipinski definition) is 2. The van der Waals surface area contributed by atoms with Gasteiger partial charge in [0.2, 0.25) is 0 Å². The van der Waals surface area contributed by atoms with E-state index in [4.69, 9.17) is 21.9 Å². The van der Waals surface area contributed by atoms with Crippen LogP contribution < -0.4 is 16.3 Å². The predicted molar refractivity (Wildman–Crippen MR) is 106 cm³/mol. The molecule has 3 aromatic rings. The number of halogens is 1. The molecule has 0 saturated heterocycles. The standard InChI is InChI=1S/C19H20ClN2O2P/c1-11(2)12-5-4-6-14(9-12)25(24-3)18-15-10-13(20)7-8-16(15)22-17(18)19(21)23/h4-11,22H,1-3H3,(H2,21,23). The lowest BCUT2D eigenvalue weighted by Gasteiger charge is -2.18. The smallest absolute Gasteiger partial charge is 0.265 e. The number of carbonyl (C=O) groups excluding carboxylic acids is 1. The Bertz CT molecular complexity index is 936. The number of fused-ring (bicyclic) bond motifs is 1. The number of primary amides is 1. The Morgan fingerprint density at radius 3 is 2.64 bits per heavy atom. The van der Waals surface area contributed by atoms with Gasteiger partial charge in [0.05, 0.1) is 8.15 Å². The van der Waals surface area contributed by atoms with Crippen LogP contribution in [0.15, 0.2) is 42.5 Å². The molecule has 1 heterocycles. The second kappa shape index (κ2) is 7.17. The molecular weight excluding hydrogens is 355 g/mol. The van der Waals surface area contributed by atoms with E-state index in [-0.39, 0.29) is 0 Å². The van der Waals surface area contributed by atoms with Gasteiger partial charge in [-0.15, -0.1) is 0 Å². The Labute approximate surface area is 153 Å². The summed E-state index contributed by atoms with van der Waals surface area (Å²) in [4.78, 5) is 15.1. The quantitative estimate of drug-likeness (QED) is 0.662. The van der Waals surface area contributed by atoms with Gasteiger partial charge in [-0.3, -0.25) is 4.79 Å². The van der Waals surface area contributed by atoms with Crippen molar-refractivity contribution in [2.75, 3.05) is 7.11 Å². The van der Waals surface area contributed by atoms with Gasteiger partial charge in [-0.1, -0.05) is 43.6 Å².